The number of hydrogen-bond acceptors (Lipinski definition) is 5. The fourth-order valence-corrected chi connectivity index (χ4v) is 1.96. The van der Waals surface area contributed by atoms with E-state index in [9.17, 15) is 9.90 Å². The average molecular weight is 253 g/mol. The molecule has 0 aliphatic carbocycles. The molecule has 1 amide bonds. The smallest absolute Gasteiger partial charge is 0.240 e. The Morgan fingerprint density at radius 2 is 2.50 bits per heavy atom. The molecule has 1 aliphatic rings. The summed E-state index contributed by atoms with van der Waals surface area (Å²) in [5.41, 5.74) is 0.821. The third-order valence-corrected chi connectivity index (χ3v) is 3.00. The van der Waals surface area contributed by atoms with Crippen LogP contribution in [0.1, 0.15) is 31.9 Å². The second kappa shape index (κ2) is 5.49. The second-order valence-electron chi connectivity index (χ2n) is 5.00. The van der Waals surface area contributed by atoms with Crippen molar-refractivity contribution in [1.29, 1.82) is 0 Å². The van der Waals surface area contributed by atoms with Gasteiger partial charge in [0.2, 0.25) is 11.8 Å². The second-order valence-corrected chi connectivity index (χ2v) is 5.00. The minimum Gasteiger partial charge on any atom is -0.392 e. The summed E-state index contributed by atoms with van der Waals surface area (Å²) in [6.45, 7) is 5.60. The number of amides is 1. The van der Waals surface area contributed by atoms with Gasteiger partial charge in [-0.1, -0.05) is 19.0 Å². The molecule has 2 rings (SSSR count). The molecule has 1 atom stereocenters. The third-order valence-electron chi connectivity index (χ3n) is 3.00. The molecule has 1 aromatic rings. The standard InChI is InChI=1S/C12H19N3O3/c1-8(2)10-5-12(18-14-10)13-11(17)7-15-4-3-9(16)6-15/h5,8-9,16H,3-4,6-7H2,1-2H3,(H,13,17)/t9-/m0/s1. The molecular formula is C12H19N3O3. The van der Waals surface area contributed by atoms with Crippen LogP contribution in [0.25, 0.3) is 0 Å². The van der Waals surface area contributed by atoms with Crippen molar-refractivity contribution >= 4 is 11.8 Å². The molecular weight excluding hydrogens is 234 g/mol. The zero-order valence-corrected chi connectivity index (χ0v) is 10.7. The Hall–Kier alpha value is -1.40. The number of carbonyl (C=O) groups excluding carboxylic acids is 1. The number of nitrogens with one attached hydrogen (secondary N) is 1. The van der Waals surface area contributed by atoms with Crippen LogP contribution in [0.15, 0.2) is 10.6 Å². The zero-order valence-electron chi connectivity index (χ0n) is 10.7. The minimum absolute atomic E-state index is 0.143. The van der Waals surface area contributed by atoms with E-state index >= 15 is 0 Å². The molecule has 0 bridgehead atoms. The van der Waals surface area contributed by atoms with Crippen LogP contribution in [0.4, 0.5) is 5.88 Å². The predicted octanol–water partition coefficient (Wildman–Crippen LogP) is 0.803. The van der Waals surface area contributed by atoms with Crippen molar-refractivity contribution in [2.45, 2.75) is 32.3 Å². The van der Waals surface area contributed by atoms with Crippen LogP contribution in [-0.4, -0.2) is 46.8 Å². The van der Waals surface area contributed by atoms with E-state index in [2.05, 4.69) is 10.5 Å². The summed E-state index contributed by atoms with van der Waals surface area (Å²) in [5, 5.41) is 15.9. The number of nitrogens with zero attached hydrogens (tertiary/aromatic N) is 2. The normalized spacial score (nSPS) is 20.6. The molecule has 6 heteroatoms. The summed E-state index contributed by atoms with van der Waals surface area (Å²) in [7, 11) is 0. The third kappa shape index (κ3) is 3.30. The Kier molecular flexibility index (Phi) is 3.98. The molecule has 0 saturated carbocycles. The summed E-state index contributed by atoms with van der Waals surface area (Å²) >= 11 is 0. The van der Waals surface area contributed by atoms with Gasteiger partial charge in [-0.3, -0.25) is 15.0 Å². The molecule has 1 aromatic heterocycles. The van der Waals surface area contributed by atoms with Crippen molar-refractivity contribution in [3.8, 4) is 0 Å². The van der Waals surface area contributed by atoms with Crippen molar-refractivity contribution in [2.24, 2.45) is 0 Å². The first-order valence-corrected chi connectivity index (χ1v) is 6.21. The molecule has 0 unspecified atom stereocenters. The van der Waals surface area contributed by atoms with Gasteiger partial charge in [-0.15, -0.1) is 0 Å². The molecule has 1 aliphatic heterocycles. The Morgan fingerprint density at radius 3 is 3.06 bits per heavy atom. The van der Waals surface area contributed by atoms with Gasteiger partial charge in [-0.2, -0.15) is 0 Å². The van der Waals surface area contributed by atoms with E-state index in [1.807, 2.05) is 18.7 Å². The first-order chi connectivity index (χ1) is 8.54. The van der Waals surface area contributed by atoms with Crippen LogP contribution < -0.4 is 5.32 Å². The van der Waals surface area contributed by atoms with Gasteiger partial charge in [0.25, 0.3) is 0 Å². The highest BCUT2D eigenvalue weighted by Crippen LogP contribution is 2.17. The maximum atomic E-state index is 11.7. The molecule has 0 aromatic carbocycles. The highest BCUT2D eigenvalue weighted by Gasteiger charge is 2.22. The SMILES string of the molecule is CC(C)c1cc(NC(=O)CN2CC[C@H](O)C2)on1. The van der Waals surface area contributed by atoms with E-state index < -0.39 is 0 Å². The lowest BCUT2D eigenvalue weighted by Crippen LogP contribution is -2.32. The number of aromatic nitrogens is 1. The van der Waals surface area contributed by atoms with Crippen LogP contribution in [0.5, 0.6) is 0 Å². The highest BCUT2D eigenvalue weighted by atomic mass is 16.5. The number of carbonyl (C=O) groups is 1. The van der Waals surface area contributed by atoms with Crippen LogP contribution in [-0.2, 0) is 4.79 Å². The number of β-amino-alcohol motifs (C(OH)–C–C–N with tert-alkyl or cyclic N) is 1. The molecule has 2 N–H and O–H groups in total. The van der Waals surface area contributed by atoms with Crippen molar-refractivity contribution in [3.05, 3.63) is 11.8 Å². The lowest BCUT2D eigenvalue weighted by Gasteiger charge is -2.13. The summed E-state index contributed by atoms with van der Waals surface area (Å²) < 4.78 is 5.03. The van der Waals surface area contributed by atoms with Gasteiger partial charge < -0.3 is 9.63 Å². The van der Waals surface area contributed by atoms with Crippen LogP contribution in [0, 0.1) is 0 Å². The highest BCUT2D eigenvalue weighted by molar-refractivity contribution is 5.91. The van der Waals surface area contributed by atoms with Gasteiger partial charge in [-0.05, 0) is 12.3 Å². The van der Waals surface area contributed by atoms with E-state index in [-0.39, 0.29) is 24.5 Å². The number of rotatable bonds is 4. The topological polar surface area (TPSA) is 78.6 Å². The van der Waals surface area contributed by atoms with Crippen LogP contribution in [0.2, 0.25) is 0 Å². The van der Waals surface area contributed by atoms with Gasteiger partial charge in [0.05, 0.1) is 18.3 Å². The molecule has 100 valence electrons. The molecule has 0 spiro atoms. The molecule has 18 heavy (non-hydrogen) atoms. The van der Waals surface area contributed by atoms with E-state index in [1.165, 1.54) is 0 Å². The molecule has 1 saturated heterocycles. The van der Waals surface area contributed by atoms with Gasteiger partial charge in [0.15, 0.2) is 0 Å². The van der Waals surface area contributed by atoms with Crippen molar-refractivity contribution in [1.82, 2.24) is 10.1 Å². The van der Waals surface area contributed by atoms with E-state index in [4.69, 9.17) is 4.52 Å². The Labute approximate surface area is 106 Å². The van der Waals surface area contributed by atoms with E-state index in [1.54, 1.807) is 6.07 Å². The lowest BCUT2D eigenvalue weighted by molar-refractivity contribution is -0.117. The molecule has 2 heterocycles. The number of aliphatic hydroxyl groups is 1. The number of anilines is 1. The van der Waals surface area contributed by atoms with Crippen LogP contribution in [0.3, 0.4) is 0 Å². The van der Waals surface area contributed by atoms with E-state index in [0.29, 0.717) is 12.4 Å². The fourth-order valence-electron chi connectivity index (χ4n) is 1.96. The maximum Gasteiger partial charge on any atom is 0.240 e. The molecule has 6 nitrogen and oxygen atoms in total. The van der Waals surface area contributed by atoms with Gasteiger partial charge in [0, 0.05) is 19.2 Å². The van der Waals surface area contributed by atoms with Crippen LogP contribution >= 0.6 is 0 Å². The summed E-state index contributed by atoms with van der Waals surface area (Å²) in [6, 6.07) is 1.74. The van der Waals surface area contributed by atoms with Crippen molar-refractivity contribution in [3.63, 3.8) is 0 Å². The zero-order chi connectivity index (χ0) is 13.1. The van der Waals surface area contributed by atoms with Gasteiger partial charge in [-0.25, -0.2) is 0 Å². The first kappa shape index (κ1) is 13.0. The lowest BCUT2D eigenvalue weighted by atomic mass is 10.1. The predicted molar refractivity (Wildman–Crippen MR) is 66.3 cm³/mol. The van der Waals surface area contributed by atoms with E-state index in [0.717, 1.165) is 18.7 Å². The Morgan fingerprint density at radius 1 is 1.72 bits per heavy atom. The Bertz CT molecular complexity index is 416. The van der Waals surface area contributed by atoms with Gasteiger partial charge >= 0.3 is 0 Å². The first-order valence-electron chi connectivity index (χ1n) is 6.21. The fraction of sp³-hybridized carbons (Fsp3) is 0.667. The number of hydrogen-bond donors (Lipinski definition) is 2. The molecule has 0 radical (unpaired) electrons. The minimum atomic E-state index is -0.310. The largest absolute Gasteiger partial charge is 0.392 e. The van der Waals surface area contributed by atoms with Crippen molar-refractivity contribution < 1.29 is 14.4 Å². The maximum absolute atomic E-state index is 11.7. The van der Waals surface area contributed by atoms with Crippen molar-refractivity contribution in [2.75, 3.05) is 25.0 Å². The Balaban J connectivity index is 1.83. The van der Waals surface area contributed by atoms with Gasteiger partial charge in [0.1, 0.15) is 0 Å². The summed E-state index contributed by atoms with van der Waals surface area (Å²) in [4.78, 5) is 13.6. The summed E-state index contributed by atoms with van der Waals surface area (Å²) in [6.07, 6.45) is 0.420. The molecule has 1 fully saturated rings. The monoisotopic (exact) mass is 253 g/mol. The quantitative estimate of drug-likeness (QED) is 0.830. The average Bonchev–Trinajstić information content (AvgIpc) is 2.88. The number of aliphatic hydroxyl groups excluding tert-OH is 1. The summed E-state index contributed by atoms with van der Waals surface area (Å²) in [5.74, 6) is 0.507. The number of likely N-dealkylation sites (tertiary alicyclic amines) is 1.